The summed E-state index contributed by atoms with van der Waals surface area (Å²) in [4.78, 5) is 0. The number of hydrogen-bond acceptors (Lipinski definition) is 2. The van der Waals surface area contributed by atoms with Crippen molar-refractivity contribution >= 4 is 17.3 Å². The Labute approximate surface area is 114 Å². The van der Waals surface area contributed by atoms with Crippen molar-refractivity contribution in [3.63, 3.8) is 0 Å². The van der Waals surface area contributed by atoms with Crippen molar-refractivity contribution in [2.24, 2.45) is 0 Å². The minimum absolute atomic E-state index is 0.235. The predicted molar refractivity (Wildman–Crippen MR) is 71.3 cm³/mol. The third-order valence-corrected chi connectivity index (χ3v) is 2.92. The fourth-order valence-electron chi connectivity index (χ4n) is 1.78. The second-order valence-electron chi connectivity index (χ2n) is 4.06. The number of aliphatic hydroxyl groups is 1. The number of hydrogen-bond donors (Lipinski definition) is 2. The molecule has 1 atom stereocenters. The normalized spacial score (nSPS) is 12.2. The molecule has 0 radical (unpaired) electrons. The zero-order valence-electron chi connectivity index (χ0n) is 9.91. The summed E-state index contributed by atoms with van der Waals surface area (Å²) < 4.78 is 26.8. The van der Waals surface area contributed by atoms with E-state index < -0.39 is 17.7 Å². The Bertz CT molecular complexity index is 577. The highest BCUT2D eigenvalue weighted by molar-refractivity contribution is 6.30. The fourth-order valence-corrected chi connectivity index (χ4v) is 1.96. The van der Waals surface area contributed by atoms with Gasteiger partial charge in [-0.15, -0.1) is 0 Å². The number of rotatable bonds is 4. The van der Waals surface area contributed by atoms with Crippen molar-refractivity contribution in [1.29, 1.82) is 0 Å². The Kier molecular flexibility index (Phi) is 4.35. The smallest absolute Gasteiger partial charge is 0.128 e. The highest BCUT2D eigenvalue weighted by Crippen LogP contribution is 2.25. The number of anilines is 1. The molecule has 0 aromatic heterocycles. The molecule has 0 fully saturated rings. The summed E-state index contributed by atoms with van der Waals surface area (Å²) in [6, 6.07) is 9.13. The third-order valence-electron chi connectivity index (χ3n) is 2.68. The van der Waals surface area contributed by atoms with E-state index in [0.29, 0.717) is 10.7 Å². The summed E-state index contributed by atoms with van der Waals surface area (Å²) in [6.45, 7) is -0.340. The highest BCUT2D eigenvalue weighted by Gasteiger charge is 2.15. The lowest BCUT2D eigenvalue weighted by atomic mass is 10.1. The van der Waals surface area contributed by atoms with Crippen LogP contribution >= 0.6 is 11.6 Å². The molecule has 0 spiro atoms. The van der Waals surface area contributed by atoms with Gasteiger partial charge < -0.3 is 10.4 Å². The Morgan fingerprint density at radius 1 is 1.16 bits per heavy atom. The second-order valence-corrected chi connectivity index (χ2v) is 4.49. The zero-order chi connectivity index (χ0) is 13.8. The van der Waals surface area contributed by atoms with Gasteiger partial charge in [-0.05, 0) is 36.4 Å². The fraction of sp³-hybridized carbons (Fsp3) is 0.143. The predicted octanol–water partition coefficient (Wildman–Crippen LogP) is 3.76. The molecule has 0 bridgehead atoms. The lowest BCUT2D eigenvalue weighted by molar-refractivity contribution is 0.274. The summed E-state index contributed by atoms with van der Waals surface area (Å²) in [5, 5.41) is 12.6. The molecule has 2 aromatic rings. The molecule has 19 heavy (non-hydrogen) atoms. The summed E-state index contributed by atoms with van der Waals surface area (Å²) in [5.41, 5.74) is 0.692. The van der Waals surface area contributed by atoms with Gasteiger partial charge in [-0.3, -0.25) is 0 Å². The van der Waals surface area contributed by atoms with Crippen molar-refractivity contribution < 1.29 is 13.9 Å². The topological polar surface area (TPSA) is 32.3 Å². The van der Waals surface area contributed by atoms with Crippen molar-refractivity contribution in [2.45, 2.75) is 6.04 Å². The molecule has 1 unspecified atom stereocenters. The molecule has 2 aromatic carbocycles. The molecule has 0 amide bonds. The summed E-state index contributed by atoms with van der Waals surface area (Å²) in [5.74, 6) is -0.888. The molecule has 0 saturated carbocycles. The first kappa shape index (κ1) is 13.8. The second kappa shape index (κ2) is 5.99. The van der Waals surface area contributed by atoms with Crippen molar-refractivity contribution in [3.8, 4) is 0 Å². The van der Waals surface area contributed by atoms with Crippen LogP contribution in [0.4, 0.5) is 14.5 Å². The monoisotopic (exact) mass is 283 g/mol. The van der Waals surface area contributed by atoms with Crippen molar-refractivity contribution in [1.82, 2.24) is 0 Å². The summed E-state index contributed by atoms with van der Waals surface area (Å²) >= 11 is 5.81. The van der Waals surface area contributed by atoms with Gasteiger partial charge in [0, 0.05) is 16.3 Å². The Morgan fingerprint density at radius 3 is 2.63 bits per heavy atom. The average Bonchev–Trinajstić information content (AvgIpc) is 2.39. The molecule has 0 aliphatic heterocycles. The van der Waals surface area contributed by atoms with Crippen LogP contribution in [0.1, 0.15) is 11.6 Å². The third kappa shape index (κ3) is 3.43. The van der Waals surface area contributed by atoms with Crippen LogP contribution in [-0.4, -0.2) is 11.7 Å². The lowest BCUT2D eigenvalue weighted by Gasteiger charge is -2.19. The van der Waals surface area contributed by atoms with Gasteiger partial charge in [0.2, 0.25) is 0 Å². The van der Waals surface area contributed by atoms with Gasteiger partial charge >= 0.3 is 0 Å². The molecule has 5 heteroatoms. The molecule has 2 rings (SSSR count). The molecule has 0 heterocycles. The van der Waals surface area contributed by atoms with E-state index in [1.807, 2.05) is 0 Å². The standard InChI is InChI=1S/C14H12ClF2NO/c15-9-4-5-13(17)12(6-9)14(8-19)18-11-3-1-2-10(16)7-11/h1-7,14,18-19H,8H2. The van der Waals surface area contributed by atoms with Gasteiger partial charge in [0.15, 0.2) is 0 Å². The van der Waals surface area contributed by atoms with Crippen LogP contribution < -0.4 is 5.32 Å². The van der Waals surface area contributed by atoms with Crippen LogP contribution in [0.25, 0.3) is 0 Å². The van der Waals surface area contributed by atoms with E-state index in [-0.39, 0.29) is 12.2 Å². The molecule has 100 valence electrons. The van der Waals surface area contributed by atoms with E-state index in [9.17, 15) is 13.9 Å². The quantitative estimate of drug-likeness (QED) is 0.895. The first-order valence-electron chi connectivity index (χ1n) is 5.68. The van der Waals surface area contributed by atoms with Crippen LogP contribution in [0.15, 0.2) is 42.5 Å². The maximum atomic E-state index is 13.7. The SMILES string of the molecule is OCC(Nc1cccc(F)c1)c1cc(Cl)ccc1F. The zero-order valence-corrected chi connectivity index (χ0v) is 10.7. The van der Waals surface area contributed by atoms with Gasteiger partial charge in [0.25, 0.3) is 0 Å². The molecule has 2 N–H and O–H groups in total. The van der Waals surface area contributed by atoms with Crippen LogP contribution in [0, 0.1) is 11.6 Å². The first-order valence-corrected chi connectivity index (χ1v) is 6.06. The van der Waals surface area contributed by atoms with E-state index in [2.05, 4.69) is 5.32 Å². The Morgan fingerprint density at radius 2 is 1.95 bits per heavy atom. The van der Waals surface area contributed by atoms with Crippen LogP contribution in [-0.2, 0) is 0 Å². The molecule has 0 saturated heterocycles. The maximum Gasteiger partial charge on any atom is 0.128 e. The minimum atomic E-state index is -0.694. The molecular formula is C14H12ClF2NO. The van der Waals surface area contributed by atoms with Crippen LogP contribution in [0.5, 0.6) is 0 Å². The number of aliphatic hydroxyl groups excluding tert-OH is 1. The van der Waals surface area contributed by atoms with Gasteiger partial charge in [-0.25, -0.2) is 8.78 Å². The highest BCUT2D eigenvalue weighted by atomic mass is 35.5. The molecular weight excluding hydrogens is 272 g/mol. The largest absolute Gasteiger partial charge is 0.394 e. The van der Waals surface area contributed by atoms with E-state index in [1.54, 1.807) is 6.07 Å². The summed E-state index contributed by atoms with van der Waals surface area (Å²) in [6.07, 6.45) is 0. The van der Waals surface area contributed by atoms with E-state index in [4.69, 9.17) is 11.6 Å². The molecule has 2 nitrogen and oxygen atoms in total. The number of benzene rings is 2. The van der Waals surface area contributed by atoms with E-state index in [0.717, 1.165) is 0 Å². The van der Waals surface area contributed by atoms with Gasteiger partial charge in [-0.1, -0.05) is 17.7 Å². The van der Waals surface area contributed by atoms with Crippen LogP contribution in [0.3, 0.4) is 0 Å². The number of halogens is 3. The Hall–Kier alpha value is -1.65. The molecule has 0 aliphatic carbocycles. The summed E-state index contributed by atoms with van der Waals surface area (Å²) in [7, 11) is 0. The Balaban J connectivity index is 2.27. The van der Waals surface area contributed by atoms with Crippen molar-refractivity contribution in [2.75, 3.05) is 11.9 Å². The maximum absolute atomic E-state index is 13.7. The average molecular weight is 284 g/mol. The van der Waals surface area contributed by atoms with E-state index >= 15 is 0 Å². The molecule has 0 aliphatic rings. The first-order chi connectivity index (χ1) is 9.10. The van der Waals surface area contributed by atoms with Crippen molar-refractivity contribution in [3.05, 3.63) is 64.7 Å². The minimum Gasteiger partial charge on any atom is -0.394 e. The van der Waals surface area contributed by atoms with Gasteiger partial charge in [-0.2, -0.15) is 0 Å². The van der Waals surface area contributed by atoms with Gasteiger partial charge in [0.05, 0.1) is 12.6 Å². The van der Waals surface area contributed by atoms with E-state index in [1.165, 1.54) is 36.4 Å². The number of nitrogens with one attached hydrogen (secondary N) is 1. The van der Waals surface area contributed by atoms with Crippen LogP contribution in [0.2, 0.25) is 5.02 Å². The van der Waals surface area contributed by atoms with Gasteiger partial charge in [0.1, 0.15) is 11.6 Å². The lowest BCUT2D eigenvalue weighted by Crippen LogP contribution is -2.16.